The second-order valence-corrected chi connectivity index (χ2v) is 6.81. The molecule has 0 N–H and O–H groups in total. The van der Waals surface area contributed by atoms with Crippen molar-refractivity contribution < 1.29 is 8.42 Å². The molecular weight excluding hydrogens is 232 g/mol. The third-order valence-corrected chi connectivity index (χ3v) is 5.33. The summed E-state index contributed by atoms with van der Waals surface area (Å²) < 4.78 is 25.4. The molecule has 0 aliphatic heterocycles. The number of aromatic nitrogens is 2. The van der Waals surface area contributed by atoms with Gasteiger partial charge in [0.15, 0.2) is 9.84 Å². The van der Waals surface area contributed by atoms with Gasteiger partial charge in [-0.25, -0.2) is 13.4 Å². The number of hydrogen-bond acceptors (Lipinski definition) is 5. The van der Waals surface area contributed by atoms with Crippen LogP contribution in [0, 0.1) is 0 Å². The average Bonchev–Trinajstić information content (AvgIpc) is 2.33. The Labute approximate surface area is 86.0 Å². The minimum Gasteiger partial charge on any atom is -0.228 e. The maximum atomic E-state index is 11.4. The summed E-state index contributed by atoms with van der Waals surface area (Å²) in [6.07, 6.45) is 1.17. The van der Waals surface area contributed by atoms with Crippen LogP contribution in [0.5, 0.6) is 0 Å². The van der Waals surface area contributed by atoms with Gasteiger partial charge in [-0.05, 0) is 37.0 Å². The van der Waals surface area contributed by atoms with Crippen molar-refractivity contribution in [2.24, 2.45) is 0 Å². The molecule has 0 fully saturated rings. The fourth-order valence-corrected chi connectivity index (χ4v) is 2.33. The molecule has 1 aromatic rings. The van der Waals surface area contributed by atoms with Gasteiger partial charge >= 0.3 is 0 Å². The Balaban J connectivity index is 3.23. The number of hydrogen-bond donors (Lipinski definition) is 0. The van der Waals surface area contributed by atoms with Crippen LogP contribution >= 0.6 is 23.1 Å². The summed E-state index contributed by atoms with van der Waals surface area (Å²) in [5.74, 6) is 0. The van der Waals surface area contributed by atoms with E-state index in [1.165, 1.54) is 6.26 Å². The van der Waals surface area contributed by atoms with E-state index in [2.05, 4.69) is 9.36 Å². The number of nitrogens with zero attached hydrogens (tertiary/aromatic N) is 2. The Bertz CT molecular complexity index is 410. The van der Waals surface area contributed by atoms with Crippen molar-refractivity contribution in [2.75, 3.05) is 6.26 Å². The molecule has 0 aromatic carbocycles. The molecular formula is C6H9ClN2O2S2. The molecule has 1 aromatic heterocycles. The molecule has 0 radical (unpaired) electrons. The van der Waals surface area contributed by atoms with E-state index in [1.807, 2.05) is 0 Å². The van der Waals surface area contributed by atoms with E-state index in [1.54, 1.807) is 13.8 Å². The molecule has 0 atom stereocenters. The maximum absolute atomic E-state index is 11.4. The average molecular weight is 241 g/mol. The lowest BCUT2D eigenvalue weighted by Gasteiger charge is -2.18. The molecule has 0 unspecified atom stereocenters. The Hall–Kier alpha value is -0.200. The lowest BCUT2D eigenvalue weighted by atomic mass is 10.2. The first-order valence-corrected chi connectivity index (χ1v) is 6.48. The highest BCUT2D eigenvalue weighted by atomic mass is 35.5. The van der Waals surface area contributed by atoms with Gasteiger partial charge in [-0.2, -0.15) is 4.37 Å². The van der Waals surface area contributed by atoms with Crippen LogP contribution in [0.1, 0.15) is 18.9 Å². The second kappa shape index (κ2) is 3.18. The topological polar surface area (TPSA) is 59.9 Å². The van der Waals surface area contributed by atoms with Gasteiger partial charge in [-0.3, -0.25) is 0 Å². The van der Waals surface area contributed by atoms with Gasteiger partial charge in [0, 0.05) is 6.26 Å². The minimum absolute atomic E-state index is 0.0942. The zero-order valence-corrected chi connectivity index (χ0v) is 9.79. The zero-order chi connectivity index (χ0) is 10.3. The first-order chi connectivity index (χ1) is 5.75. The van der Waals surface area contributed by atoms with Crippen LogP contribution in [0.4, 0.5) is 0 Å². The smallest absolute Gasteiger partial charge is 0.228 e. The van der Waals surface area contributed by atoms with Crippen LogP contribution in [0.15, 0.2) is 0 Å². The standard InChI is InChI=1S/C6H9ClN2O2S2/c1-6(2,13(3,10)11)4-8-5(7)9-12-4/h1-3H3. The first kappa shape index (κ1) is 10.9. The van der Waals surface area contributed by atoms with E-state index < -0.39 is 14.6 Å². The van der Waals surface area contributed by atoms with Crippen molar-refractivity contribution in [3.63, 3.8) is 0 Å². The molecule has 0 spiro atoms. The zero-order valence-electron chi connectivity index (χ0n) is 7.41. The van der Waals surface area contributed by atoms with Crippen LogP contribution < -0.4 is 0 Å². The number of halogens is 1. The van der Waals surface area contributed by atoms with Crippen LogP contribution in [0.2, 0.25) is 5.28 Å². The minimum atomic E-state index is -3.19. The van der Waals surface area contributed by atoms with E-state index in [0.29, 0.717) is 5.01 Å². The fraction of sp³-hybridized carbons (Fsp3) is 0.667. The highest BCUT2D eigenvalue weighted by Crippen LogP contribution is 2.30. The predicted octanol–water partition coefficient (Wildman–Crippen LogP) is 1.47. The third kappa shape index (κ3) is 2.00. The molecule has 0 amide bonds. The third-order valence-electron chi connectivity index (χ3n) is 1.84. The summed E-state index contributed by atoms with van der Waals surface area (Å²) in [6.45, 7) is 3.17. The second-order valence-electron chi connectivity index (χ2n) is 3.15. The van der Waals surface area contributed by atoms with Crippen molar-refractivity contribution in [2.45, 2.75) is 18.6 Å². The molecule has 13 heavy (non-hydrogen) atoms. The molecule has 0 bridgehead atoms. The summed E-state index contributed by atoms with van der Waals surface area (Å²) in [5, 5.41) is 0.511. The molecule has 74 valence electrons. The van der Waals surface area contributed by atoms with Crippen LogP contribution in [-0.2, 0) is 14.6 Å². The molecule has 1 heterocycles. The van der Waals surface area contributed by atoms with E-state index in [4.69, 9.17) is 11.6 Å². The summed E-state index contributed by atoms with van der Waals surface area (Å²) in [4.78, 5) is 3.84. The van der Waals surface area contributed by atoms with Crippen molar-refractivity contribution in [1.29, 1.82) is 0 Å². The van der Waals surface area contributed by atoms with Crippen LogP contribution in [-0.4, -0.2) is 24.0 Å². The van der Waals surface area contributed by atoms with E-state index in [0.717, 1.165) is 11.5 Å². The Morgan fingerprint density at radius 2 is 2.00 bits per heavy atom. The highest BCUT2D eigenvalue weighted by molar-refractivity contribution is 7.91. The van der Waals surface area contributed by atoms with Crippen molar-refractivity contribution in [3.05, 3.63) is 10.3 Å². The normalized spacial score (nSPS) is 13.2. The quantitative estimate of drug-likeness (QED) is 0.786. The highest BCUT2D eigenvalue weighted by Gasteiger charge is 2.35. The van der Waals surface area contributed by atoms with Crippen LogP contribution in [0.3, 0.4) is 0 Å². The van der Waals surface area contributed by atoms with E-state index in [-0.39, 0.29) is 5.28 Å². The van der Waals surface area contributed by atoms with Crippen molar-refractivity contribution in [3.8, 4) is 0 Å². The van der Waals surface area contributed by atoms with Crippen molar-refractivity contribution in [1.82, 2.24) is 9.36 Å². The van der Waals surface area contributed by atoms with E-state index in [9.17, 15) is 8.42 Å². The van der Waals surface area contributed by atoms with E-state index >= 15 is 0 Å². The maximum Gasteiger partial charge on any atom is 0.234 e. The Morgan fingerprint density at radius 1 is 1.46 bits per heavy atom. The van der Waals surface area contributed by atoms with Gasteiger partial charge in [0.25, 0.3) is 0 Å². The van der Waals surface area contributed by atoms with Crippen molar-refractivity contribution >= 4 is 33.0 Å². The Kier molecular flexibility index (Phi) is 2.66. The largest absolute Gasteiger partial charge is 0.234 e. The number of rotatable bonds is 2. The van der Waals surface area contributed by atoms with Gasteiger partial charge in [0.05, 0.1) is 0 Å². The first-order valence-electron chi connectivity index (χ1n) is 3.44. The lowest BCUT2D eigenvalue weighted by molar-refractivity contribution is 0.560. The molecule has 0 saturated heterocycles. The summed E-state index contributed by atoms with van der Waals surface area (Å²) in [5.41, 5.74) is 0. The van der Waals surface area contributed by atoms with Gasteiger partial charge in [-0.15, -0.1) is 0 Å². The summed E-state index contributed by atoms with van der Waals surface area (Å²) in [6, 6.07) is 0. The molecule has 1 rings (SSSR count). The Morgan fingerprint density at radius 3 is 2.31 bits per heavy atom. The van der Waals surface area contributed by atoms with Crippen LogP contribution in [0.25, 0.3) is 0 Å². The predicted molar refractivity (Wildman–Crippen MR) is 52.8 cm³/mol. The van der Waals surface area contributed by atoms with Gasteiger partial charge < -0.3 is 0 Å². The van der Waals surface area contributed by atoms with Gasteiger partial charge in [0.1, 0.15) is 9.75 Å². The van der Waals surface area contributed by atoms with Gasteiger partial charge in [-0.1, -0.05) is 0 Å². The molecule has 4 nitrogen and oxygen atoms in total. The molecule has 7 heteroatoms. The lowest BCUT2D eigenvalue weighted by Crippen LogP contribution is -2.27. The molecule has 0 aliphatic carbocycles. The molecule has 0 aliphatic rings. The number of sulfone groups is 1. The summed E-state index contributed by atoms with van der Waals surface area (Å²) in [7, 11) is -3.19. The monoisotopic (exact) mass is 240 g/mol. The SMILES string of the molecule is CC(C)(c1nc(Cl)ns1)S(C)(=O)=O. The molecule has 0 saturated carbocycles. The fourth-order valence-electron chi connectivity index (χ4n) is 0.609. The summed E-state index contributed by atoms with van der Waals surface area (Å²) >= 11 is 6.52. The van der Waals surface area contributed by atoms with Gasteiger partial charge in [0.2, 0.25) is 5.28 Å².